The lowest BCUT2D eigenvalue weighted by atomic mass is 10.1. The summed E-state index contributed by atoms with van der Waals surface area (Å²) >= 11 is 0. The standard InChI is InChI=1S/C13H15N3O2/c1-8(6-14)7-16(2)9-3-4-10-11(5-9)15-13(18)12(10)17/h3-5,8,12,17H,7H2,1-2H3,(H,15,18). The van der Waals surface area contributed by atoms with E-state index in [1.54, 1.807) is 6.07 Å². The average Bonchev–Trinajstić information content (AvgIpc) is 2.64. The van der Waals surface area contributed by atoms with Crippen LogP contribution in [0.2, 0.25) is 0 Å². The fraction of sp³-hybridized carbons (Fsp3) is 0.385. The van der Waals surface area contributed by atoms with Gasteiger partial charge in [0.05, 0.1) is 12.0 Å². The van der Waals surface area contributed by atoms with Gasteiger partial charge in [0.2, 0.25) is 0 Å². The molecule has 0 aliphatic carbocycles. The van der Waals surface area contributed by atoms with E-state index in [-0.39, 0.29) is 5.92 Å². The number of anilines is 2. The summed E-state index contributed by atoms with van der Waals surface area (Å²) in [6.07, 6.45) is -1.07. The molecule has 1 amide bonds. The van der Waals surface area contributed by atoms with Crippen molar-refractivity contribution in [3.8, 4) is 6.07 Å². The van der Waals surface area contributed by atoms with E-state index in [4.69, 9.17) is 5.26 Å². The fourth-order valence-electron chi connectivity index (χ4n) is 2.03. The van der Waals surface area contributed by atoms with Crippen molar-refractivity contribution in [1.29, 1.82) is 5.26 Å². The zero-order valence-corrected chi connectivity index (χ0v) is 10.3. The molecule has 94 valence electrons. The molecular formula is C13H15N3O2. The number of aliphatic hydroxyl groups excluding tert-OH is 1. The van der Waals surface area contributed by atoms with Crippen LogP contribution < -0.4 is 10.2 Å². The third-order valence-electron chi connectivity index (χ3n) is 3.05. The number of nitriles is 1. The summed E-state index contributed by atoms with van der Waals surface area (Å²) in [7, 11) is 1.89. The molecule has 0 bridgehead atoms. The molecule has 2 unspecified atom stereocenters. The maximum absolute atomic E-state index is 11.3. The Morgan fingerprint density at radius 3 is 3.00 bits per heavy atom. The van der Waals surface area contributed by atoms with E-state index in [1.807, 2.05) is 31.0 Å². The van der Waals surface area contributed by atoms with E-state index in [2.05, 4.69) is 11.4 Å². The molecule has 18 heavy (non-hydrogen) atoms. The number of hydrogen-bond donors (Lipinski definition) is 2. The highest BCUT2D eigenvalue weighted by Crippen LogP contribution is 2.33. The molecule has 1 aliphatic rings. The molecule has 0 fully saturated rings. The number of benzene rings is 1. The number of amides is 1. The van der Waals surface area contributed by atoms with Crippen molar-refractivity contribution < 1.29 is 9.90 Å². The summed E-state index contributed by atoms with van der Waals surface area (Å²) in [5.41, 5.74) is 2.15. The monoisotopic (exact) mass is 245 g/mol. The summed E-state index contributed by atoms with van der Waals surface area (Å²) in [4.78, 5) is 13.3. The summed E-state index contributed by atoms with van der Waals surface area (Å²) in [6.45, 7) is 2.47. The van der Waals surface area contributed by atoms with E-state index in [9.17, 15) is 9.90 Å². The van der Waals surface area contributed by atoms with Gasteiger partial charge in [-0.05, 0) is 19.1 Å². The van der Waals surface area contributed by atoms with Crippen LogP contribution in [0, 0.1) is 17.2 Å². The number of nitrogens with zero attached hydrogens (tertiary/aromatic N) is 2. The SMILES string of the molecule is CC(C#N)CN(C)c1ccc2c(c1)NC(=O)C2O. The van der Waals surface area contributed by atoms with Crippen molar-refractivity contribution in [1.82, 2.24) is 0 Å². The number of aliphatic hydroxyl groups is 1. The van der Waals surface area contributed by atoms with Gasteiger partial charge in [0.15, 0.2) is 6.10 Å². The van der Waals surface area contributed by atoms with Gasteiger partial charge in [0, 0.05) is 30.5 Å². The predicted molar refractivity (Wildman–Crippen MR) is 68.1 cm³/mol. The van der Waals surface area contributed by atoms with Crippen LogP contribution in [0.25, 0.3) is 0 Å². The maximum atomic E-state index is 11.3. The van der Waals surface area contributed by atoms with Crippen LogP contribution in [0.3, 0.4) is 0 Å². The van der Waals surface area contributed by atoms with Crippen molar-refractivity contribution in [2.24, 2.45) is 5.92 Å². The molecule has 5 nitrogen and oxygen atoms in total. The molecule has 0 radical (unpaired) electrons. The van der Waals surface area contributed by atoms with E-state index >= 15 is 0 Å². The lowest BCUT2D eigenvalue weighted by Gasteiger charge is -2.21. The van der Waals surface area contributed by atoms with Gasteiger partial charge in [-0.2, -0.15) is 5.26 Å². The Morgan fingerprint density at radius 1 is 1.61 bits per heavy atom. The Labute approximate surface area is 106 Å². The Balaban J connectivity index is 2.21. The third-order valence-corrected chi connectivity index (χ3v) is 3.05. The van der Waals surface area contributed by atoms with Gasteiger partial charge in [0.1, 0.15) is 0 Å². The van der Waals surface area contributed by atoms with E-state index < -0.39 is 12.0 Å². The Hall–Kier alpha value is -2.06. The van der Waals surface area contributed by atoms with Gasteiger partial charge in [-0.15, -0.1) is 0 Å². The normalized spacial score (nSPS) is 18.8. The largest absolute Gasteiger partial charge is 0.378 e. The fourth-order valence-corrected chi connectivity index (χ4v) is 2.03. The number of rotatable bonds is 3. The summed E-state index contributed by atoms with van der Waals surface area (Å²) in [5, 5.41) is 21.0. The topological polar surface area (TPSA) is 76.4 Å². The minimum Gasteiger partial charge on any atom is -0.378 e. The van der Waals surface area contributed by atoms with Crippen molar-refractivity contribution in [2.45, 2.75) is 13.0 Å². The van der Waals surface area contributed by atoms with Crippen LogP contribution in [0.4, 0.5) is 11.4 Å². The highest BCUT2D eigenvalue weighted by atomic mass is 16.3. The second-order valence-electron chi connectivity index (χ2n) is 4.57. The molecule has 5 heteroatoms. The van der Waals surface area contributed by atoms with Crippen molar-refractivity contribution in [3.05, 3.63) is 23.8 Å². The quantitative estimate of drug-likeness (QED) is 0.840. The second-order valence-corrected chi connectivity index (χ2v) is 4.57. The molecule has 1 aromatic rings. The average molecular weight is 245 g/mol. The minimum atomic E-state index is -1.07. The van der Waals surface area contributed by atoms with Gasteiger partial charge in [0.25, 0.3) is 5.91 Å². The molecule has 1 heterocycles. The number of fused-ring (bicyclic) bond motifs is 1. The summed E-state index contributed by atoms with van der Waals surface area (Å²) in [6, 6.07) is 7.57. The Morgan fingerprint density at radius 2 is 2.33 bits per heavy atom. The highest BCUT2D eigenvalue weighted by molar-refractivity contribution is 6.02. The zero-order chi connectivity index (χ0) is 13.3. The zero-order valence-electron chi connectivity index (χ0n) is 10.3. The minimum absolute atomic E-state index is 0.0663. The molecule has 0 saturated carbocycles. The molecular weight excluding hydrogens is 230 g/mol. The number of hydrogen-bond acceptors (Lipinski definition) is 4. The molecule has 0 spiro atoms. The first-order chi connectivity index (χ1) is 8.52. The summed E-state index contributed by atoms with van der Waals surface area (Å²) < 4.78 is 0. The van der Waals surface area contributed by atoms with E-state index in [0.29, 0.717) is 17.8 Å². The number of carbonyl (C=O) groups excluding carboxylic acids is 1. The molecule has 0 aromatic heterocycles. The Bertz CT molecular complexity index is 521. The van der Waals surface area contributed by atoms with Gasteiger partial charge >= 0.3 is 0 Å². The van der Waals surface area contributed by atoms with Gasteiger partial charge in [-0.25, -0.2) is 0 Å². The molecule has 2 atom stereocenters. The van der Waals surface area contributed by atoms with E-state index in [1.165, 1.54) is 0 Å². The van der Waals surface area contributed by atoms with Crippen LogP contribution in [0.5, 0.6) is 0 Å². The van der Waals surface area contributed by atoms with E-state index in [0.717, 1.165) is 5.69 Å². The molecule has 0 saturated heterocycles. The first-order valence-electron chi connectivity index (χ1n) is 5.76. The smallest absolute Gasteiger partial charge is 0.257 e. The molecule has 1 aliphatic heterocycles. The first-order valence-corrected chi connectivity index (χ1v) is 5.76. The molecule has 2 rings (SSSR count). The molecule has 2 N–H and O–H groups in total. The van der Waals surface area contributed by atoms with Crippen molar-refractivity contribution in [2.75, 3.05) is 23.8 Å². The Kier molecular flexibility index (Phi) is 3.21. The van der Waals surface area contributed by atoms with Crippen LogP contribution >= 0.6 is 0 Å². The van der Waals surface area contributed by atoms with Crippen LogP contribution in [0.1, 0.15) is 18.6 Å². The van der Waals surface area contributed by atoms with Crippen molar-refractivity contribution in [3.63, 3.8) is 0 Å². The van der Waals surface area contributed by atoms with Crippen LogP contribution in [0.15, 0.2) is 18.2 Å². The lowest BCUT2D eigenvalue weighted by molar-refractivity contribution is -0.123. The predicted octanol–water partition coefficient (Wildman–Crippen LogP) is 1.27. The van der Waals surface area contributed by atoms with Crippen molar-refractivity contribution >= 4 is 17.3 Å². The van der Waals surface area contributed by atoms with Gasteiger partial charge < -0.3 is 15.3 Å². The van der Waals surface area contributed by atoms with Gasteiger partial charge in [-0.3, -0.25) is 4.79 Å². The molecule has 1 aromatic carbocycles. The summed E-state index contributed by atoms with van der Waals surface area (Å²) in [5.74, 6) is -0.460. The third kappa shape index (κ3) is 2.15. The lowest BCUT2D eigenvalue weighted by Crippen LogP contribution is -2.23. The highest BCUT2D eigenvalue weighted by Gasteiger charge is 2.28. The van der Waals surface area contributed by atoms with Crippen LogP contribution in [-0.2, 0) is 4.79 Å². The number of carbonyl (C=O) groups is 1. The maximum Gasteiger partial charge on any atom is 0.257 e. The van der Waals surface area contributed by atoms with Gasteiger partial charge in [-0.1, -0.05) is 6.07 Å². The van der Waals surface area contributed by atoms with Crippen LogP contribution in [-0.4, -0.2) is 24.6 Å². The number of nitrogens with one attached hydrogen (secondary N) is 1. The first kappa shape index (κ1) is 12.4. The second kappa shape index (κ2) is 4.67.